The molecular weight excluding hydrogens is 436 g/mol. The molecule has 1 atom stereocenters. The summed E-state index contributed by atoms with van der Waals surface area (Å²) in [7, 11) is 0. The fourth-order valence-electron chi connectivity index (χ4n) is 2.26. The number of aliphatic carboxylic acids is 1. The van der Waals surface area contributed by atoms with Crippen LogP contribution in [-0.4, -0.2) is 34.9 Å². The Hall–Kier alpha value is -2.19. The number of carboxylic acids is 1. The number of phenols is 1. The average molecular weight is 455 g/mol. The van der Waals surface area contributed by atoms with E-state index < -0.39 is 18.0 Å². The minimum Gasteiger partial charge on any atom is -0.508 e. The van der Waals surface area contributed by atoms with Gasteiger partial charge < -0.3 is 19.7 Å². The Morgan fingerprint density at radius 3 is 2.52 bits per heavy atom. The fraction of sp³-hybridized carbons (Fsp3) is 0.263. The number of hydrogen-bond acceptors (Lipinski definition) is 6. The van der Waals surface area contributed by atoms with E-state index in [1.165, 1.54) is 11.8 Å². The first-order valence-corrected chi connectivity index (χ1v) is 9.72. The largest absolute Gasteiger partial charge is 0.508 e. The topological polar surface area (TPSA) is 93.1 Å². The third kappa shape index (κ3) is 6.48. The Balaban J connectivity index is 2.12. The third-order valence-electron chi connectivity index (χ3n) is 3.44. The van der Waals surface area contributed by atoms with E-state index in [0.717, 1.165) is 19.8 Å². The highest BCUT2D eigenvalue weighted by molar-refractivity contribution is 9.10. The van der Waals surface area contributed by atoms with Gasteiger partial charge in [0, 0.05) is 14.3 Å². The smallest absolute Gasteiger partial charge is 0.345 e. The van der Waals surface area contributed by atoms with Crippen LogP contribution in [0.3, 0.4) is 0 Å². The van der Waals surface area contributed by atoms with Crippen LogP contribution in [0.25, 0.3) is 0 Å². The molecule has 0 aliphatic rings. The Morgan fingerprint density at radius 2 is 1.93 bits per heavy atom. The zero-order valence-corrected chi connectivity index (χ0v) is 17.2. The molecule has 0 aliphatic heterocycles. The molecule has 0 amide bonds. The first-order valence-electron chi connectivity index (χ1n) is 8.11. The predicted octanol–water partition coefficient (Wildman–Crippen LogP) is 4.40. The molecule has 27 heavy (non-hydrogen) atoms. The van der Waals surface area contributed by atoms with E-state index >= 15 is 0 Å². The molecule has 0 spiro atoms. The fourth-order valence-corrected chi connectivity index (χ4v) is 3.91. The monoisotopic (exact) mass is 454 g/mol. The Bertz CT molecular complexity index is 819. The standard InChI is InChI=1S/C19H19BrO6S/c1-3-25-18(22)10-17(19(23)24)26-16-5-4-14(6-11(16)2)27-15-8-12(20)7-13(21)9-15/h4-9,17,21H,3,10H2,1-2H3,(H,23,24). The van der Waals surface area contributed by atoms with E-state index in [1.807, 2.05) is 12.1 Å². The van der Waals surface area contributed by atoms with Gasteiger partial charge in [0.1, 0.15) is 11.5 Å². The highest BCUT2D eigenvalue weighted by Gasteiger charge is 2.24. The van der Waals surface area contributed by atoms with Crippen molar-refractivity contribution in [2.24, 2.45) is 0 Å². The molecule has 0 saturated carbocycles. The van der Waals surface area contributed by atoms with E-state index in [0.29, 0.717) is 5.75 Å². The highest BCUT2D eigenvalue weighted by atomic mass is 79.9. The molecule has 0 heterocycles. The summed E-state index contributed by atoms with van der Waals surface area (Å²) in [5, 5.41) is 19.0. The van der Waals surface area contributed by atoms with Crippen LogP contribution in [-0.2, 0) is 14.3 Å². The lowest BCUT2D eigenvalue weighted by Gasteiger charge is -2.16. The number of aryl methyl sites for hydroxylation is 1. The van der Waals surface area contributed by atoms with Crippen LogP contribution in [0.15, 0.2) is 50.7 Å². The van der Waals surface area contributed by atoms with Crippen molar-refractivity contribution < 1.29 is 29.3 Å². The molecule has 2 rings (SSSR count). The Kier molecular flexibility index (Phi) is 7.55. The van der Waals surface area contributed by atoms with E-state index in [2.05, 4.69) is 15.9 Å². The summed E-state index contributed by atoms with van der Waals surface area (Å²) in [6.45, 7) is 3.63. The quantitative estimate of drug-likeness (QED) is 0.570. The lowest BCUT2D eigenvalue weighted by atomic mass is 10.2. The van der Waals surface area contributed by atoms with Gasteiger partial charge in [0.25, 0.3) is 0 Å². The number of phenolic OH excluding ortho intramolecular Hbond substituents is 1. The number of rotatable bonds is 8. The maximum Gasteiger partial charge on any atom is 0.345 e. The predicted molar refractivity (Wildman–Crippen MR) is 104 cm³/mol. The van der Waals surface area contributed by atoms with Gasteiger partial charge in [0.15, 0.2) is 0 Å². The number of ether oxygens (including phenoxy) is 2. The van der Waals surface area contributed by atoms with E-state index in [9.17, 15) is 19.8 Å². The van der Waals surface area contributed by atoms with Gasteiger partial charge in [-0.2, -0.15) is 0 Å². The lowest BCUT2D eigenvalue weighted by Crippen LogP contribution is -2.30. The van der Waals surface area contributed by atoms with Gasteiger partial charge in [0.2, 0.25) is 6.10 Å². The molecule has 0 bridgehead atoms. The van der Waals surface area contributed by atoms with Gasteiger partial charge in [-0.05, 0) is 55.8 Å². The number of hydrogen-bond donors (Lipinski definition) is 2. The number of carbonyl (C=O) groups is 2. The van der Waals surface area contributed by atoms with Crippen molar-refractivity contribution in [3.8, 4) is 11.5 Å². The maximum absolute atomic E-state index is 11.6. The molecule has 8 heteroatoms. The second-order valence-electron chi connectivity index (χ2n) is 5.63. The van der Waals surface area contributed by atoms with Crippen molar-refractivity contribution >= 4 is 39.6 Å². The molecule has 1 unspecified atom stereocenters. The van der Waals surface area contributed by atoms with Crippen LogP contribution in [0, 0.1) is 6.92 Å². The normalized spacial score (nSPS) is 11.7. The van der Waals surface area contributed by atoms with Crippen LogP contribution >= 0.6 is 27.7 Å². The van der Waals surface area contributed by atoms with Crippen molar-refractivity contribution in [2.45, 2.75) is 36.2 Å². The molecular formula is C19H19BrO6S. The van der Waals surface area contributed by atoms with Crippen molar-refractivity contribution in [1.29, 1.82) is 0 Å². The number of carbonyl (C=O) groups excluding carboxylic acids is 1. The molecule has 0 aliphatic carbocycles. The molecule has 2 aromatic carbocycles. The number of aromatic hydroxyl groups is 1. The van der Waals surface area contributed by atoms with Crippen molar-refractivity contribution in [3.63, 3.8) is 0 Å². The van der Waals surface area contributed by atoms with Gasteiger partial charge in [-0.15, -0.1) is 0 Å². The Labute approximate surface area is 169 Å². The number of esters is 1. The zero-order chi connectivity index (χ0) is 20.0. The van der Waals surface area contributed by atoms with Crippen molar-refractivity contribution in [1.82, 2.24) is 0 Å². The summed E-state index contributed by atoms with van der Waals surface area (Å²) in [4.78, 5) is 24.7. The van der Waals surface area contributed by atoms with Gasteiger partial charge in [-0.1, -0.05) is 27.7 Å². The molecule has 0 saturated heterocycles. The number of carboxylic acid groups (broad SMARTS) is 1. The summed E-state index contributed by atoms with van der Waals surface area (Å²) in [5.74, 6) is -1.31. The van der Waals surface area contributed by atoms with Crippen LogP contribution in [0.5, 0.6) is 11.5 Å². The van der Waals surface area contributed by atoms with Crippen LogP contribution in [0.1, 0.15) is 18.9 Å². The van der Waals surface area contributed by atoms with E-state index in [1.54, 1.807) is 38.1 Å². The number of halogens is 1. The first kappa shape index (κ1) is 21.1. The molecule has 0 radical (unpaired) electrons. The second kappa shape index (κ2) is 9.66. The highest BCUT2D eigenvalue weighted by Crippen LogP contribution is 2.34. The van der Waals surface area contributed by atoms with Gasteiger partial charge in [0.05, 0.1) is 13.0 Å². The van der Waals surface area contributed by atoms with Crippen LogP contribution in [0.4, 0.5) is 0 Å². The molecule has 6 nitrogen and oxygen atoms in total. The molecule has 2 N–H and O–H groups in total. The second-order valence-corrected chi connectivity index (χ2v) is 7.69. The number of benzene rings is 2. The summed E-state index contributed by atoms with van der Waals surface area (Å²) >= 11 is 4.78. The van der Waals surface area contributed by atoms with Crippen molar-refractivity contribution in [3.05, 3.63) is 46.4 Å². The van der Waals surface area contributed by atoms with Crippen LogP contribution < -0.4 is 4.74 Å². The zero-order valence-electron chi connectivity index (χ0n) is 14.8. The molecule has 144 valence electrons. The third-order valence-corrected chi connectivity index (χ3v) is 4.86. The summed E-state index contributed by atoms with van der Waals surface area (Å²) in [6.07, 6.45) is -1.68. The van der Waals surface area contributed by atoms with Crippen LogP contribution in [0.2, 0.25) is 0 Å². The summed E-state index contributed by atoms with van der Waals surface area (Å²) < 4.78 is 11.1. The minimum absolute atomic E-state index is 0.159. The average Bonchev–Trinajstić information content (AvgIpc) is 2.55. The summed E-state index contributed by atoms with van der Waals surface area (Å²) in [6, 6.07) is 10.4. The molecule has 0 fully saturated rings. The van der Waals surface area contributed by atoms with Crippen molar-refractivity contribution in [2.75, 3.05) is 6.61 Å². The molecule has 2 aromatic rings. The lowest BCUT2D eigenvalue weighted by molar-refractivity contribution is -0.154. The minimum atomic E-state index is -1.32. The molecule has 0 aromatic heterocycles. The van der Waals surface area contributed by atoms with Gasteiger partial charge in [-0.25, -0.2) is 4.79 Å². The van der Waals surface area contributed by atoms with E-state index in [-0.39, 0.29) is 18.8 Å². The maximum atomic E-state index is 11.6. The Morgan fingerprint density at radius 1 is 1.19 bits per heavy atom. The SMILES string of the molecule is CCOC(=O)CC(Oc1ccc(Sc2cc(O)cc(Br)c2)cc1C)C(=O)O. The first-order chi connectivity index (χ1) is 12.8. The van der Waals surface area contributed by atoms with E-state index in [4.69, 9.17) is 9.47 Å². The summed E-state index contributed by atoms with van der Waals surface area (Å²) in [5.41, 5.74) is 0.731. The van der Waals surface area contributed by atoms with Gasteiger partial charge in [-0.3, -0.25) is 4.79 Å². The van der Waals surface area contributed by atoms with Gasteiger partial charge >= 0.3 is 11.9 Å².